The summed E-state index contributed by atoms with van der Waals surface area (Å²) in [5.74, 6) is 0. The van der Waals surface area contributed by atoms with E-state index >= 15 is 0 Å². The molecule has 0 aliphatic heterocycles. The van der Waals surface area contributed by atoms with Crippen LogP contribution in [-0.2, 0) is 0 Å². The first-order valence-electron chi connectivity index (χ1n) is 3.82. The zero-order valence-corrected chi connectivity index (χ0v) is 6.81. The Hall–Kier alpha value is -1.24. The third-order valence-corrected chi connectivity index (χ3v) is 2.13. The lowest BCUT2D eigenvalue weighted by atomic mass is 10.1. The van der Waals surface area contributed by atoms with E-state index in [0.29, 0.717) is 0 Å². The molecule has 0 radical (unpaired) electrons. The highest BCUT2D eigenvalue weighted by molar-refractivity contribution is 5.85. The fourth-order valence-electron chi connectivity index (χ4n) is 1.45. The van der Waals surface area contributed by atoms with Gasteiger partial charge in [0.2, 0.25) is 0 Å². The van der Waals surface area contributed by atoms with Crippen LogP contribution in [-0.4, -0.2) is 4.98 Å². The summed E-state index contributed by atoms with van der Waals surface area (Å²) < 4.78 is 0. The SMILES string of the molecule is Cc1c[nH]c2c(C)cccc12. The summed E-state index contributed by atoms with van der Waals surface area (Å²) in [6.07, 6.45) is 2.05. The fourth-order valence-corrected chi connectivity index (χ4v) is 1.45. The van der Waals surface area contributed by atoms with Crippen LogP contribution in [0.3, 0.4) is 0 Å². The van der Waals surface area contributed by atoms with Gasteiger partial charge in [-0.25, -0.2) is 0 Å². The van der Waals surface area contributed by atoms with E-state index in [0.717, 1.165) is 0 Å². The quantitative estimate of drug-likeness (QED) is 0.586. The van der Waals surface area contributed by atoms with Gasteiger partial charge in [0.05, 0.1) is 0 Å². The summed E-state index contributed by atoms with van der Waals surface area (Å²) >= 11 is 0. The molecule has 1 heteroatoms. The van der Waals surface area contributed by atoms with Crippen molar-refractivity contribution in [1.29, 1.82) is 0 Å². The highest BCUT2D eigenvalue weighted by Gasteiger charge is 1.99. The molecule has 1 N–H and O–H groups in total. The molecule has 11 heavy (non-hydrogen) atoms. The summed E-state index contributed by atoms with van der Waals surface area (Å²) in [6, 6.07) is 6.37. The van der Waals surface area contributed by atoms with E-state index in [1.54, 1.807) is 0 Å². The molecule has 0 aliphatic rings. The van der Waals surface area contributed by atoms with Gasteiger partial charge in [-0.15, -0.1) is 0 Å². The first-order valence-corrected chi connectivity index (χ1v) is 3.82. The molecule has 56 valence electrons. The smallest absolute Gasteiger partial charge is 0.0486 e. The summed E-state index contributed by atoms with van der Waals surface area (Å²) in [6.45, 7) is 4.25. The number of aryl methyl sites for hydroxylation is 2. The van der Waals surface area contributed by atoms with Crippen molar-refractivity contribution in [3.8, 4) is 0 Å². The Balaban J connectivity index is 2.94. The van der Waals surface area contributed by atoms with Gasteiger partial charge < -0.3 is 4.98 Å². The van der Waals surface area contributed by atoms with Crippen molar-refractivity contribution >= 4 is 10.9 Å². The van der Waals surface area contributed by atoms with E-state index in [4.69, 9.17) is 0 Å². The number of aromatic nitrogens is 1. The van der Waals surface area contributed by atoms with Crippen LogP contribution in [0, 0.1) is 13.8 Å². The first-order chi connectivity index (χ1) is 5.29. The Morgan fingerprint density at radius 2 is 1.91 bits per heavy atom. The van der Waals surface area contributed by atoms with Gasteiger partial charge in [-0.1, -0.05) is 18.2 Å². The largest absolute Gasteiger partial charge is 0.361 e. The van der Waals surface area contributed by atoms with Crippen LogP contribution in [0.5, 0.6) is 0 Å². The Labute approximate surface area is 66.1 Å². The lowest BCUT2D eigenvalue weighted by Gasteiger charge is -1.94. The number of rotatable bonds is 0. The summed E-state index contributed by atoms with van der Waals surface area (Å²) in [5.41, 5.74) is 3.91. The monoisotopic (exact) mass is 145 g/mol. The Kier molecular flexibility index (Phi) is 1.25. The molecule has 0 aliphatic carbocycles. The first kappa shape index (κ1) is 6.47. The Bertz CT molecular complexity index is 385. The second kappa shape index (κ2) is 2.12. The van der Waals surface area contributed by atoms with Crippen LogP contribution >= 0.6 is 0 Å². The predicted octanol–water partition coefficient (Wildman–Crippen LogP) is 2.78. The third kappa shape index (κ3) is 0.845. The number of hydrogen-bond donors (Lipinski definition) is 1. The van der Waals surface area contributed by atoms with Crippen LogP contribution in [0.1, 0.15) is 11.1 Å². The van der Waals surface area contributed by atoms with E-state index < -0.39 is 0 Å². The minimum Gasteiger partial charge on any atom is -0.361 e. The summed E-state index contributed by atoms with van der Waals surface area (Å²) in [7, 11) is 0. The van der Waals surface area contributed by atoms with Crippen molar-refractivity contribution in [3.63, 3.8) is 0 Å². The molecule has 2 rings (SSSR count). The van der Waals surface area contributed by atoms with Gasteiger partial charge in [-0.05, 0) is 25.0 Å². The molecule has 0 amide bonds. The van der Waals surface area contributed by atoms with Crippen molar-refractivity contribution in [2.75, 3.05) is 0 Å². The van der Waals surface area contributed by atoms with Gasteiger partial charge in [0.15, 0.2) is 0 Å². The zero-order valence-electron chi connectivity index (χ0n) is 6.81. The van der Waals surface area contributed by atoms with Crippen molar-refractivity contribution < 1.29 is 0 Å². The van der Waals surface area contributed by atoms with Gasteiger partial charge >= 0.3 is 0 Å². The van der Waals surface area contributed by atoms with E-state index in [1.807, 2.05) is 0 Å². The molecule has 0 saturated heterocycles. The second-order valence-electron chi connectivity index (χ2n) is 2.97. The van der Waals surface area contributed by atoms with Crippen LogP contribution in [0.4, 0.5) is 0 Å². The Morgan fingerprint density at radius 3 is 2.64 bits per heavy atom. The molecule has 0 fully saturated rings. The maximum Gasteiger partial charge on any atom is 0.0486 e. The van der Waals surface area contributed by atoms with E-state index in [9.17, 15) is 0 Å². The fraction of sp³-hybridized carbons (Fsp3) is 0.200. The molecule has 0 unspecified atom stereocenters. The summed E-state index contributed by atoms with van der Waals surface area (Å²) in [4.78, 5) is 3.26. The lowest BCUT2D eigenvalue weighted by molar-refractivity contribution is 1.40. The van der Waals surface area contributed by atoms with Gasteiger partial charge in [-0.2, -0.15) is 0 Å². The van der Waals surface area contributed by atoms with Gasteiger partial charge in [-0.3, -0.25) is 0 Å². The second-order valence-corrected chi connectivity index (χ2v) is 2.97. The van der Waals surface area contributed by atoms with E-state index in [1.165, 1.54) is 22.0 Å². The van der Waals surface area contributed by atoms with E-state index in [2.05, 4.69) is 43.2 Å². The average molecular weight is 145 g/mol. The molecule has 1 aromatic heterocycles. The maximum absolute atomic E-state index is 3.26. The topological polar surface area (TPSA) is 15.8 Å². The van der Waals surface area contributed by atoms with Crippen LogP contribution in [0.25, 0.3) is 10.9 Å². The minimum absolute atomic E-state index is 1.27. The molecule has 1 aromatic carbocycles. The number of para-hydroxylation sites is 1. The number of nitrogens with one attached hydrogen (secondary N) is 1. The lowest BCUT2D eigenvalue weighted by Crippen LogP contribution is -1.74. The van der Waals surface area contributed by atoms with Crippen LogP contribution < -0.4 is 0 Å². The maximum atomic E-state index is 3.26. The highest BCUT2D eigenvalue weighted by Crippen LogP contribution is 2.19. The molecule has 0 spiro atoms. The molecular formula is C10H11N. The molecular weight excluding hydrogens is 134 g/mol. The average Bonchev–Trinajstić information content (AvgIpc) is 2.35. The van der Waals surface area contributed by atoms with Gasteiger partial charge in [0, 0.05) is 17.1 Å². The van der Waals surface area contributed by atoms with Crippen molar-refractivity contribution in [2.45, 2.75) is 13.8 Å². The normalized spacial score (nSPS) is 10.7. The van der Waals surface area contributed by atoms with Crippen molar-refractivity contribution in [2.24, 2.45) is 0 Å². The Morgan fingerprint density at radius 1 is 1.09 bits per heavy atom. The number of aromatic amines is 1. The standard InChI is InChI=1S/C10H11N/c1-7-4-3-5-9-8(2)6-11-10(7)9/h3-6,11H,1-2H3. The zero-order chi connectivity index (χ0) is 7.84. The number of hydrogen-bond acceptors (Lipinski definition) is 0. The minimum atomic E-state index is 1.27. The molecule has 0 saturated carbocycles. The van der Waals surface area contributed by atoms with Crippen LogP contribution in [0.2, 0.25) is 0 Å². The predicted molar refractivity (Wildman–Crippen MR) is 47.8 cm³/mol. The highest BCUT2D eigenvalue weighted by atomic mass is 14.7. The number of H-pyrrole nitrogens is 1. The van der Waals surface area contributed by atoms with Crippen molar-refractivity contribution in [1.82, 2.24) is 4.98 Å². The number of benzene rings is 1. The molecule has 2 aromatic rings. The molecule has 1 heterocycles. The third-order valence-electron chi connectivity index (χ3n) is 2.13. The number of fused-ring (bicyclic) bond motifs is 1. The van der Waals surface area contributed by atoms with E-state index in [-0.39, 0.29) is 0 Å². The van der Waals surface area contributed by atoms with Gasteiger partial charge in [0.25, 0.3) is 0 Å². The molecule has 0 bridgehead atoms. The van der Waals surface area contributed by atoms with Crippen LogP contribution in [0.15, 0.2) is 24.4 Å². The van der Waals surface area contributed by atoms with Crippen molar-refractivity contribution in [3.05, 3.63) is 35.5 Å². The summed E-state index contributed by atoms with van der Waals surface area (Å²) in [5, 5.41) is 1.34. The molecule has 0 atom stereocenters. The van der Waals surface area contributed by atoms with Gasteiger partial charge in [0.1, 0.15) is 0 Å². The molecule has 1 nitrogen and oxygen atoms in total.